The van der Waals surface area contributed by atoms with Gasteiger partial charge in [0, 0.05) is 0 Å². The molecule has 0 heterocycles. The number of aryl methyl sites for hydroxylation is 1. The van der Waals surface area contributed by atoms with Gasteiger partial charge in [0.05, 0.1) is 19.9 Å². The van der Waals surface area contributed by atoms with Gasteiger partial charge in [-0.15, -0.1) is 0 Å². The molecule has 0 unspecified atom stereocenters. The van der Waals surface area contributed by atoms with Crippen molar-refractivity contribution in [2.24, 2.45) is 0 Å². The second-order valence-electron chi connectivity index (χ2n) is 2.93. The molecule has 0 aliphatic carbocycles. The highest BCUT2D eigenvalue weighted by atomic mass is 16.5. The molecule has 0 aromatic heterocycles. The zero-order valence-electron chi connectivity index (χ0n) is 8.46. The van der Waals surface area contributed by atoms with Crippen molar-refractivity contribution >= 4 is 11.7 Å². The maximum Gasteiger partial charge on any atom is 0.341 e. The second-order valence-corrected chi connectivity index (χ2v) is 2.93. The SMILES string of the molecule is COC(=O)c1cc(C)cc(N)c1OC. The van der Waals surface area contributed by atoms with Gasteiger partial charge < -0.3 is 15.2 Å². The van der Waals surface area contributed by atoms with Crippen LogP contribution in [0.3, 0.4) is 0 Å². The maximum absolute atomic E-state index is 11.3. The van der Waals surface area contributed by atoms with Crippen molar-refractivity contribution < 1.29 is 14.3 Å². The molecule has 1 aromatic carbocycles. The van der Waals surface area contributed by atoms with Crippen molar-refractivity contribution in [2.45, 2.75) is 6.92 Å². The Morgan fingerprint density at radius 3 is 2.50 bits per heavy atom. The van der Waals surface area contributed by atoms with E-state index in [1.54, 1.807) is 12.1 Å². The molecule has 4 heteroatoms. The van der Waals surface area contributed by atoms with Gasteiger partial charge >= 0.3 is 5.97 Å². The number of rotatable bonds is 2. The number of carbonyl (C=O) groups excluding carboxylic acids is 1. The Bertz CT molecular complexity index is 361. The normalized spacial score (nSPS) is 9.64. The van der Waals surface area contributed by atoms with E-state index in [4.69, 9.17) is 10.5 Å². The lowest BCUT2D eigenvalue weighted by Crippen LogP contribution is -2.06. The third-order valence-electron chi connectivity index (χ3n) is 1.87. The fourth-order valence-electron chi connectivity index (χ4n) is 1.29. The molecule has 0 aliphatic rings. The molecule has 0 radical (unpaired) electrons. The highest BCUT2D eigenvalue weighted by molar-refractivity contribution is 5.94. The average Bonchev–Trinajstić information content (AvgIpc) is 2.15. The second kappa shape index (κ2) is 4.00. The number of nitrogen functional groups attached to an aromatic ring is 1. The van der Waals surface area contributed by atoms with Crippen LogP contribution < -0.4 is 10.5 Å². The first-order valence-electron chi connectivity index (χ1n) is 4.12. The lowest BCUT2D eigenvalue weighted by molar-refractivity contribution is 0.0597. The van der Waals surface area contributed by atoms with Gasteiger partial charge in [-0.05, 0) is 24.6 Å². The molecule has 14 heavy (non-hydrogen) atoms. The van der Waals surface area contributed by atoms with Crippen LogP contribution in [-0.2, 0) is 4.74 Å². The van der Waals surface area contributed by atoms with Crippen LogP contribution >= 0.6 is 0 Å². The first kappa shape index (κ1) is 10.4. The molecule has 4 nitrogen and oxygen atoms in total. The van der Waals surface area contributed by atoms with E-state index >= 15 is 0 Å². The third kappa shape index (κ3) is 1.79. The van der Waals surface area contributed by atoms with E-state index in [9.17, 15) is 4.79 Å². The number of benzene rings is 1. The van der Waals surface area contributed by atoms with Crippen LogP contribution in [0.4, 0.5) is 5.69 Å². The summed E-state index contributed by atoms with van der Waals surface area (Å²) in [7, 11) is 2.79. The van der Waals surface area contributed by atoms with E-state index in [-0.39, 0.29) is 0 Å². The number of carbonyl (C=O) groups is 1. The summed E-state index contributed by atoms with van der Waals surface area (Å²) in [6.07, 6.45) is 0. The largest absolute Gasteiger partial charge is 0.494 e. The molecule has 0 fully saturated rings. The highest BCUT2D eigenvalue weighted by Crippen LogP contribution is 2.28. The van der Waals surface area contributed by atoms with Gasteiger partial charge in [-0.3, -0.25) is 0 Å². The lowest BCUT2D eigenvalue weighted by atomic mass is 10.1. The summed E-state index contributed by atoms with van der Waals surface area (Å²) in [5, 5.41) is 0. The number of hydrogen-bond acceptors (Lipinski definition) is 4. The molecule has 0 bridgehead atoms. The molecule has 1 rings (SSSR count). The summed E-state index contributed by atoms with van der Waals surface area (Å²) in [6, 6.07) is 3.42. The number of ether oxygens (including phenoxy) is 2. The van der Waals surface area contributed by atoms with Crippen LogP contribution in [-0.4, -0.2) is 20.2 Å². The first-order chi connectivity index (χ1) is 6.60. The summed E-state index contributed by atoms with van der Waals surface area (Å²) in [4.78, 5) is 11.3. The minimum Gasteiger partial charge on any atom is -0.494 e. The highest BCUT2D eigenvalue weighted by Gasteiger charge is 2.15. The molecule has 0 aliphatic heterocycles. The van der Waals surface area contributed by atoms with Crippen molar-refractivity contribution in [3.05, 3.63) is 23.3 Å². The minimum absolute atomic E-state index is 0.354. The number of hydrogen-bond donors (Lipinski definition) is 1. The third-order valence-corrected chi connectivity index (χ3v) is 1.87. The topological polar surface area (TPSA) is 61.5 Å². The zero-order valence-corrected chi connectivity index (χ0v) is 8.46. The minimum atomic E-state index is -0.447. The van der Waals surface area contributed by atoms with Crippen LogP contribution in [0.2, 0.25) is 0 Å². The monoisotopic (exact) mass is 195 g/mol. The van der Waals surface area contributed by atoms with Gasteiger partial charge in [0.2, 0.25) is 0 Å². The summed E-state index contributed by atoms with van der Waals surface area (Å²) in [5.41, 5.74) is 7.38. The van der Waals surface area contributed by atoms with Crippen LogP contribution in [0.5, 0.6) is 5.75 Å². The average molecular weight is 195 g/mol. The van der Waals surface area contributed by atoms with E-state index in [0.29, 0.717) is 17.0 Å². The molecule has 0 saturated heterocycles. The van der Waals surface area contributed by atoms with Crippen LogP contribution in [0.1, 0.15) is 15.9 Å². The molecular weight excluding hydrogens is 182 g/mol. The summed E-state index contributed by atoms with van der Waals surface area (Å²) < 4.78 is 9.64. The molecule has 0 atom stereocenters. The zero-order chi connectivity index (χ0) is 10.7. The Labute approximate surface area is 82.6 Å². The molecule has 2 N–H and O–H groups in total. The van der Waals surface area contributed by atoms with E-state index in [2.05, 4.69) is 4.74 Å². The smallest absolute Gasteiger partial charge is 0.341 e. The maximum atomic E-state index is 11.3. The summed E-state index contributed by atoms with van der Waals surface area (Å²) in [5.74, 6) is -0.0836. The lowest BCUT2D eigenvalue weighted by Gasteiger charge is -2.10. The van der Waals surface area contributed by atoms with Crippen molar-refractivity contribution in [3.8, 4) is 5.75 Å². The van der Waals surface area contributed by atoms with Gasteiger partial charge in [-0.25, -0.2) is 4.79 Å². The van der Waals surface area contributed by atoms with Gasteiger partial charge in [0.1, 0.15) is 5.56 Å². The van der Waals surface area contributed by atoms with E-state index in [1.807, 2.05) is 6.92 Å². The van der Waals surface area contributed by atoms with Crippen LogP contribution in [0.25, 0.3) is 0 Å². The Balaban J connectivity index is 3.32. The molecule has 1 aromatic rings. The summed E-state index contributed by atoms with van der Waals surface area (Å²) >= 11 is 0. The predicted molar refractivity (Wildman–Crippen MR) is 53.5 cm³/mol. The number of methoxy groups -OCH3 is 2. The van der Waals surface area contributed by atoms with Crippen LogP contribution in [0, 0.1) is 6.92 Å². The first-order valence-corrected chi connectivity index (χ1v) is 4.12. The van der Waals surface area contributed by atoms with Gasteiger partial charge in [0.15, 0.2) is 5.75 Å². The van der Waals surface area contributed by atoms with Crippen molar-refractivity contribution in [1.82, 2.24) is 0 Å². The van der Waals surface area contributed by atoms with Crippen molar-refractivity contribution in [1.29, 1.82) is 0 Å². The van der Waals surface area contributed by atoms with Crippen molar-refractivity contribution in [3.63, 3.8) is 0 Å². The Morgan fingerprint density at radius 2 is 2.00 bits per heavy atom. The van der Waals surface area contributed by atoms with E-state index < -0.39 is 5.97 Å². The number of nitrogens with two attached hydrogens (primary N) is 1. The van der Waals surface area contributed by atoms with Gasteiger partial charge in [-0.2, -0.15) is 0 Å². The van der Waals surface area contributed by atoms with E-state index in [0.717, 1.165) is 5.56 Å². The fraction of sp³-hybridized carbons (Fsp3) is 0.300. The Morgan fingerprint density at radius 1 is 1.36 bits per heavy atom. The molecule has 0 amide bonds. The fourth-order valence-corrected chi connectivity index (χ4v) is 1.29. The molecule has 0 saturated carbocycles. The standard InChI is InChI=1S/C10H13NO3/c1-6-4-7(10(12)14-3)9(13-2)8(11)5-6/h4-5H,11H2,1-3H3. The predicted octanol–water partition coefficient (Wildman–Crippen LogP) is 1.37. The van der Waals surface area contributed by atoms with Crippen LogP contribution in [0.15, 0.2) is 12.1 Å². The molecule has 76 valence electrons. The molecular formula is C10H13NO3. The van der Waals surface area contributed by atoms with E-state index in [1.165, 1.54) is 14.2 Å². The Hall–Kier alpha value is -1.71. The van der Waals surface area contributed by atoms with Gasteiger partial charge in [0.25, 0.3) is 0 Å². The summed E-state index contributed by atoms with van der Waals surface area (Å²) in [6.45, 7) is 1.85. The Kier molecular flexibility index (Phi) is 2.96. The number of anilines is 1. The number of esters is 1. The van der Waals surface area contributed by atoms with Crippen molar-refractivity contribution in [2.75, 3.05) is 20.0 Å². The quantitative estimate of drug-likeness (QED) is 0.572. The van der Waals surface area contributed by atoms with Gasteiger partial charge in [-0.1, -0.05) is 0 Å². The molecule has 0 spiro atoms.